The topological polar surface area (TPSA) is 75.3 Å². The molecule has 2 atom stereocenters. The van der Waals surface area contributed by atoms with Crippen LogP contribution in [0.5, 0.6) is 0 Å². The third-order valence-electron chi connectivity index (χ3n) is 4.52. The zero-order chi connectivity index (χ0) is 16.8. The molecule has 122 valence electrons. The van der Waals surface area contributed by atoms with Gasteiger partial charge in [-0.2, -0.15) is 0 Å². The summed E-state index contributed by atoms with van der Waals surface area (Å²) in [6, 6.07) is 7.18. The zero-order valence-electron chi connectivity index (χ0n) is 12.5. The van der Waals surface area contributed by atoms with Crippen LogP contribution in [-0.4, -0.2) is 22.1 Å². The molecule has 1 saturated carbocycles. The van der Waals surface area contributed by atoms with Crippen LogP contribution < -0.4 is 10.6 Å². The van der Waals surface area contributed by atoms with E-state index in [9.17, 15) is 14.4 Å². The van der Waals surface area contributed by atoms with E-state index in [0.29, 0.717) is 18.5 Å². The van der Waals surface area contributed by atoms with Crippen molar-refractivity contribution in [3.8, 4) is 0 Å². The van der Waals surface area contributed by atoms with Gasteiger partial charge in [-0.3, -0.25) is 19.7 Å². The van der Waals surface area contributed by atoms with Crippen molar-refractivity contribution in [1.82, 2.24) is 5.32 Å². The van der Waals surface area contributed by atoms with Crippen LogP contribution in [0, 0.1) is 11.3 Å². The SMILES string of the molecule is C[C@]1(C(=O)Nc2ccc(C[C@@H]3CC(=O)NC3=O)cc2)CC1(Cl)Cl. The number of imide groups is 1. The summed E-state index contributed by atoms with van der Waals surface area (Å²) in [5.74, 6) is -0.987. The largest absolute Gasteiger partial charge is 0.326 e. The monoisotopic (exact) mass is 354 g/mol. The summed E-state index contributed by atoms with van der Waals surface area (Å²) >= 11 is 12.0. The van der Waals surface area contributed by atoms with Gasteiger partial charge in [-0.25, -0.2) is 0 Å². The second-order valence-corrected chi connectivity index (χ2v) is 7.87. The average Bonchev–Trinajstić information content (AvgIpc) is 2.83. The van der Waals surface area contributed by atoms with Gasteiger partial charge in [0.15, 0.2) is 0 Å². The molecule has 3 amide bonds. The predicted molar refractivity (Wildman–Crippen MR) is 87.2 cm³/mol. The number of carbonyl (C=O) groups is 3. The third-order valence-corrected chi connectivity index (χ3v) is 5.62. The lowest BCUT2D eigenvalue weighted by Crippen LogP contribution is -2.25. The highest BCUT2D eigenvalue weighted by atomic mass is 35.5. The fourth-order valence-corrected chi connectivity index (χ4v) is 3.40. The maximum Gasteiger partial charge on any atom is 0.233 e. The van der Waals surface area contributed by atoms with Crippen LogP contribution in [0.1, 0.15) is 25.3 Å². The van der Waals surface area contributed by atoms with Gasteiger partial charge in [0.1, 0.15) is 4.33 Å². The molecule has 5 nitrogen and oxygen atoms in total. The minimum absolute atomic E-state index is 0.212. The molecule has 0 spiro atoms. The summed E-state index contributed by atoms with van der Waals surface area (Å²) in [7, 11) is 0. The van der Waals surface area contributed by atoms with Crippen LogP contribution >= 0.6 is 23.2 Å². The van der Waals surface area contributed by atoms with Crippen LogP contribution in [-0.2, 0) is 20.8 Å². The molecule has 1 saturated heterocycles. The molecule has 1 aliphatic carbocycles. The first-order valence-corrected chi connectivity index (χ1v) is 8.09. The van der Waals surface area contributed by atoms with E-state index in [1.165, 1.54) is 0 Å². The molecule has 2 N–H and O–H groups in total. The zero-order valence-corrected chi connectivity index (χ0v) is 14.0. The molecule has 0 radical (unpaired) electrons. The van der Waals surface area contributed by atoms with Crippen LogP contribution in [0.25, 0.3) is 0 Å². The number of alkyl halides is 2. The Hall–Kier alpha value is -1.59. The van der Waals surface area contributed by atoms with Gasteiger partial charge in [-0.1, -0.05) is 12.1 Å². The van der Waals surface area contributed by atoms with E-state index < -0.39 is 9.75 Å². The number of anilines is 1. The van der Waals surface area contributed by atoms with Gasteiger partial charge in [-0.05, 0) is 37.5 Å². The van der Waals surface area contributed by atoms with Crippen LogP contribution in [0.15, 0.2) is 24.3 Å². The lowest BCUT2D eigenvalue weighted by atomic mass is 9.98. The standard InChI is InChI=1S/C16H16Cl2N2O3/c1-15(8-16(15,17)18)14(23)19-11-4-2-9(3-5-11)6-10-7-12(21)20-13(10)22/h2-5,10H,6-8H2,1H3,(H,19,23)(H,20,21,22)/t10-,15-/m1/s1. The number of hydrogen-bond acceptors (Lipinski definition) is 3. The number of amides is 3. The molecule has 1 heterocycles. The fourth-order valence-electron chi connectivity index (χ4n) is 2.70. The van der Waals surface area contributed by atoms with Crippen LogP contribution in [0.3, 0.4) is 0 Å². The molecule has 23 heavy (non-hydrogen) atoms. The van der Waals surface area contributed by atoms with Crippen molar-refractivity contribution in [2.45, 2.75) is 30.5 Å². The molecule has 0 aromatic heterocycles. The van der Waals surface area contributed by atoms with Crippen molar-refractivity contribution in [2.24, 2.45) is 11.3 Å². The summed E-state index contributed by atoms with van der Waals surface area (Å²) < 4.78 is -1.00. The van der Waals surface area contributed by atoms with Gasteiger partial charge >= 0.3 is 0 Å². The van der Waals surface area contributed by atoms with E-state index in [4.69, 9.17) is 23.2 Å². The maximum atomic E-state index is 12.2. The first-order chi connectivity index (χ1) is 10.7. The first-order valence-electron chi connectivity index (χ1n) is 7.33. The van der Waals surface area contributed by atoms with E-state index in [0.717, 1.165) is 5.56 Å². The van der Waals surface area contributed by atoms with E-state index in [1.54, 1.807) is 19.1 Å². The molecule has 0 bridgehead atoms. The number of hydrogen-bond donors (Lipinski definition) is 2. The summed E-state index contributed by atoms with van der Waals surface area (Å²) in [6.07, 6.45) is 1.15. The fraction of sp³-hybridized carbons (Fsp3) is 0.438. The molecule has 1 aromatic carbocycles. The Kier molecular flexibility index (Phi) is 3.89. The van der Waals surface area contributed by atoms with Gasteiger partial charge in [0, 0.05) is 12.1 Å². The van der Waals surface area contributed by atoms with Gasteiger partial charge in [0.2, 0.25) is 17.7 Å². The number of rotatable bonds is 4. The quantitative estimate of drug-likeness (QED) is 0.643. The third kappa shape index (κ3) is 3.08. The highest BCUT2D eigenvalue weighted by Crippen LogP contribution is 2.64. The molecule has 7 heteroatoms. The first kappa shape index (κ1) is 16.3. The van der Waals surface area contributed by atoms with Crippen molar-refractivity contribution in [3.05, 3.63) is 29.8 Å². The molecule has 0 unspecified atom stereocenters. The van der Waals surface area contributed by atoms with Crippen LogP contribution in [0.4, 0.5) is 5.69 Å². The summed E-state index contributed by atoms with van der Waals surface area (Å²) in [6.45, 7) is 1.73. The van der Waals surface area contributed by atoms with E-state index in [2.05, 4.69) is 10.6 Å². The highest BCUT2D eigenvalue weighted by Gasteiger charge is 2.67. The molecule has 1 aromatic rings. The molecule has 1 aliphatic heterocycles. The normalized spacial score (nSPS) is 28.4. The van der Waals surface area contributed by atoms with Gasteiger partial charge in [0.05, 0.1) is 11.3 Å². The lowest BCUT2D eigenvalue weighted by molar-refractivity contribution is -0.126. The van der Waals surface area contributed by atoms with Crippen molar-refractivity contribution in [2.75, 3.05) is 5.32 Å². The van der Waals surface area contributed by atoms with Crippen LogP contribution in [0.2, 0.25) is 0 Å². The minimum atomic E-state index is -1.00. The van der Waals surface area contributed by atoms with Crippen molar-refractivity contribution in [1.29, 1.82) is 0 Å². The Morgan fingerprint density at radius 1 is 1.30 bits per heavy atom. The number of halogens is 2. The smallest absolute Gasteiger partial charge is 0.233 e. The average molecular weight is 355 g/mol. The molecular formula is C16H16Cl2N2O3. The Morgan fingerprint density at radius 3 is 2.39 bits per heavy atom. The highest BCUT2D eigenvalue weighted by molar-refractivity contribution is 6.53. The second kappa shape index (κ2) is 5.49. The summed E-state index contributed by atoms with van der Waals surface area (Å²) in [5.41, 5.74) is 0.805. The number of nitrogens with one attached hydrogen (secondary N) is 2. The van der Waals surface area contributed by atoms with Gasteiger partial charge in [-0.15, -0.1) is 23.2 Å². The predicted octanol–water partition coefficient (Wildman–Crippen LogP) is 2.41. The van der Waals surface area contributed by atoms with Gasteiger partial charge < -0.3 is 5.32 Å². The van der Waals surface area contributed by atoms with Crippen molar-refractivity contribution < 1.29 is 14.4 Å². The number of carbonyl (C=O) groups excluding carboxylic acids is 3. The summed E-state index contributed by atoms with van der Waals surface area (Å²) in [5, 5.41) is 5.09. The maximum absolute atomic E-state index is 12.2. The molecular weight excluding hydrogens is 339 g/mol. The van der Waals surface area contributed by atoms with E-state index in [-0.39, 0.29) is 30.1 Å². The molecule has 3 rings (SSSR count). The van der Waals surface area contributed by atoms with E-state index >= 15 is 0 Å². The summed E-state index contributed by atoms with van der Waals surface area (Å²) in [4.78, 5) is 34.9. The Labute approximate surface area is 143 Å². The molecule has 2 aliphatic rings. The Bertz CT molecular complexity index is 687. The van der Waals surface area contributed by atoms with Crippen molar-refractivity contribution in [3.63, 3.8) is 0 Å². The van der Waals surface area contributed by atoms with Crippen molar-refractivity contribution >= 4 is 46.6 Å². The van der Waals surface area contributed by atoms with Gasteiger partial charge in [0.25, 0.3) is 0 Å². The lowest BCUT2D eigenvalue weighted by Gasteiger charge is -2.13. The Balaban J connectivity index is 1.61. The minimum Gasteiger partial charge on any atom is -0.326 e. The second-order valence-electron chi connectivity index (χ2n) is 6.38. The molecule has 2 fully saturated rings. The Morgan fingerprint density at radius 2 is 1.91 bits per heavy atom. The number of benzene rings is 1. The van der Waals surface area contributed by atoms with E-state index in [1.807, 2.05) is 12.1 Å².